The second kappa shape index (κ2) is 21.1. The zero-order chi connectivity index (χ0) is 46.9. The molecule has 0 unspecified atom stereocenters. The van der Waals surface area contributed by atoms with Crippen molar-refractivity contribution >= 4 is 75.2 Å². The molecule has 4 aliphatic rings. The third-order valence-electron chi connectivity index (χ3n) is 12.0. The highest BCUT2D eigenvalue weighted by molar-refractivity contribution is 7.13. The molecule has 8 aromatic rings. The minimum absolute atomic E-state index is 0.0536. The Morgan fingerprint density at radius 1 is 0.551 bits per heavy atom. The van der Waals surface area contributed by atoms with Crippen LogP contribution in [0.4, 0.5) is 22.7 Å². The van der Waals surface area contributed by atoms with Gasteiger partial charge in [0.1, 0.15) is 16.3 Å². The molecule has 0 atom stereocenters. The minimum Gasteiger partial charge on any atom is -0.378 e. The molecule has 12 rings (SSSR count). The van der Waals surface area contributed by atoms with Crippen LogP contribution >= 0.6 is 22.7 Å². The van der Waals surface area contributed by atoms with E-state index in [9.17, 15) is 14.4 Å². The van der Waals surface area contributed by atoms with Crippen LogP contribution in [0.5, 0.6) is 0 Å². The first-order valence-electron chi connectivity index (χ1n) is 22.6. The lowest BCUT2D eigenvalue weighted by atomic mass is 10.0. The molecule has 0 bridgehead atoms. The van der Waals surface area contributed by atoms with E-state index < -0.39 is 0 Å². The van der Waals surface area contributed by atoms with Crippen molar-refractivity contribution in [3.05, 3.63) is 167 Å². The molecule has 13 nitrogen and oxygen atoms in total. The number of hydrogen-bond donors (Lipinski definition) is 2. The maximum Gasteiger partial charge on any atom is 0.256 e. The number of nitrogens with one attached hydrogen (secondary N) is 2. The Kier molecular flexibility index (Phi) is 13.8. The van der Waals surface area contributed by atoms with Gasteiger partial charge in [-0.1, -0.05) is 24.3 Å². The Morgan fingerprint density at radius 2 is 1.06 bits per heavy atom. The predicted octanol–water partition coefficient (Wildman–Crippen LogP) is 9.90. The summed E-state index contributed by atoms with van der Waals surface area (Å²) in [4.78, 5) is 56.8. The molecular formula is C54H46N8O5S2. The van der Waals surface area contributed by atoms with Crippen LogP contribution in [-0.4, -0.2) is 90.6 Å². The summed E-state index contributed by atoms with van der Waals surface area (Å²) in [7, 11) is 0. The van der Waals surface area contributed by atoms with Gasteiger partial charge >= 0.3 is 0 Å². The molecule has 0 spiro atoms. The fraction of sp³-hybridized carbons (Fsp3) is 0.167. The van der Waals surface area contributed by atoms with Crippen LogP contribution in [0.2, 0.25) is 0 Å². The van der Waals surface area contributed by atoms with Gasteiger partial charge in [0.25, 0.3) is 5.91 Å². The SMILES string of the molecule is O=C1Cc2cc(-c3csc(-c4ccncc4)n3)ccc2N1.O=C1Nc2ccc(-c3csc(-c4ccncc4)n3)cc2/C1=C/c1ccc(N2CCOCC2)cc1.O=Cc1ccc(N2CCOCC2)cc1. The van der Waals surface area contributed by atoms with Crippen molar-refractivity contribution in [3.63, 3.8) is 0 Å². The van der Waals surface area contributed by atoms with Crippen molar-refractivity contribution in [2.75, 3.05) is 73.0 Å². The van der Waals surface area contributed by atoms with Crippen LogP contribution in [0.1, 0.15) is 27.0 Å². The van der Waals surface area contributed by atoms with Gasteiger partial charge in [-0.25, -0.2) is 9.97 Å². The van der Waals surface area contributed by atoms with Gasteiger partial charge in [-0.3, -0.25) is 24.4 Å². The Bertz CT molecular complexity index is 3110. The molecule has 2 amide bonds. The Hall–Kier alpha value is -7.69. The van der Waals surface area contributed by atoms with E-state index in [0.717, 1.165) is 136 Å². The largest absolute Gasteiger partial charge is 0.378 e. The number of ether oxygens (including phenoxy) is 2. The molecule has 15 heteroatoms. The molecule has 0 saturated carbocycles. The predicted molar refractivity (Wildman–Crippen MR) is 275 cm³/mol. The fourth-order valence-corrected chi connectivity index (χ4v) is 9.97. The number of pyridine rings is 2. The number of aromatic nitrogens is 4. The molecule has 4 aromatic heterocycles. The van der Waals surface area contributed by atoms with Crippen molar-refractivity contribution in [3.8, 4) is 43.7 Å². The van der Waals surface area contributed by atoms with Crippen LogP contribution in [-0.2, 0) is 25.5 Å². The molecule has 69 heavy (non-hydrogen) atoms. The van der Waals surface area contributed by atoms with Gasteiger partial charge in [0.05, 0.1) is 44.2 Å². The van der Waals surface area contributed by atoms with Gasteiger partial charge in [0.2, 0.25) is 5.91 Å². The average Bonchev–Trinajstić information content (AvgIpc) is 4.25. The average molecular weight is 951 g/mol. The topological polar surface area (TPSA) is 152 Å². The lowest BCUT2D eigenvalue weighted by Crippen LogP contribution is -2.36. The van der Waals surface area contributed by atoms with Gasteiger partial charge < -0.3 is 29.9 Å². The number of nitrogens with zero attached hydrogens (tertiary/aromatic N) is 6. The number of benzene rings is 4. The van der Waals surface area contributed by atoms with E-state index >= 15 is 0 Å². The molecule has 2 N–H and O–H groups in total. The molecule has 4 aliphatic heterocycles. The lowest BCUT2D eigenvalue weighted by Gasteiger charge is -2.28. The van der Waals surface area contributed by atoms with Crippen LogP contribution in [0.25, 0.3) is 55.3 Å². The summed E-state index contributed by atoms with van der Waals surface area (Å²) in [5.41, 5.74) is 14.4. The maximum atomic E-state index is 12.8. The number of aldehydes is 1. The van der Waals surface area contributed by atoms with E-state index in [1.165, 1.54) is 11.4 Å². The first-order valence-corrected chi connectivity index (χ1v) is 24.3. The summed E-state index contributed by atoms with van der Waals surface area (Å²) in [5, 5.41) is 11.8. The number of thiazole rings is 2. The Morgan fingerprint density at radius 3 is 1.59 bits per heavy atom. The summed E-state index contributed by atoms with van der Waals surface area (Å²) in [6.45, 7) is 6.75. The van der Waals surface area contributed by atoms with Crippen LogP contribution in [0, 0.1) is 0 Å². The highest BCUT2D eigenvalue weighted by Gasteiger charge is 2.25. The highest BCUT2D eigenvalue weighted by atomic mass is 32.1. The molecular weight excluding hydrogens is 905 g/mol. The number of fused-ring (bicyclic) bond motifs is 2. The summed E-state index contributed by atoms with van der Waals surface area (Å²) < 4.78 is 10.7. The van der Waals surface area contributed by atoms with E-state index in [0.29, 0.717) is 12.0 Å². The van der Waals surface area contributed by atoms with Crippen LogP contribution < -0.4 is 20.4 Å². The molecule has 2 saturated heterocycles. The summed E-state index contributed by atoms with van der Waals surface area (Å²) in [6.07, 6.45) is 10.3. The molecule has 344 valence electrons. The van der Waals surface area contributed by atoms with E-state index in [1.54, 1.807) is 47.5 Å². The number of morpholine rings is 2. The quantitative estimate of drug-likeness (QED) is 0.111. The fourth-order valence-electron chi connectivity index (χ4n) is 8.30. The molecule has 0 radical (unpaired) electrons. The van der Waals surface area contributed by atoms with E-state index in [4.69, 9.17) is 14.5 Å². The van der Waals surface area contributed by atoms with Crippen molar-refractivity contribution < 1.29 is 23.9 Å². The number of carbonyl (C=O) groups excluding carboxylic acids is 3. The summed E-state index contributed by atoms with van der Waals surface area (Å²) >= 11 is 3.21. The van der Waals surface area contributed by atoms with Crippen molar-refractivity contribution in [2.45, 2.75) is 6.42 Å². The number of anilines is 4. The molecule has 2 fully saturated rings. The molecule has 8 heterocycles. The van der Waals surface area contributed by atoms with Crippen molar-refractivity contribution in [1.29, 1.82) is 0 Å². The first kappa shape index (κ1) is 45.1. The van der Waals surface area contributed by atoms with Crippen molar-refractivity contribution in [2.24, 2.45) is 0 Å². The normalized spacial score (nSPS) is 15.5. The third-order valence-corrected chi connectivity index (χ3v) is 13.8. The monoisotopic (exact) mass is 950 g/mol. The van der Waals surface area contributed by atoms with Crippen molar-refractivity contribution in [1.82, 2.24) is 19.9 Å². The first-order chi connectivity index (χ1) is 33.9. The van der Waals surface area contributed by atoms with E-state index in [2.05, 4.69) is 65.0 Å². The summed E-state index contributed by atoms with van der Waals surface area (Å²) in [6, 6.07) is 35.8. The summed E-state index contributed by atoms with van der Waals surface area (Å²) in [5.74, 6) is -0.0296. The minimum atomic E-state index is -0.0832. The number of carbonyl (C=O) groups is 3. The van der Waals surface area contributed by atoms with Gasteiger partial charge in [-0.2, -0.15) is 0 Å². The second-order valence-electron chi connectivity index (χ2n) is 16.4. The van der Waals surface area contributed by atoms with Gasteiger partial charge in [0, 0.05) is 123 Å². The maximum absolute atomic E-state index is 12.8. The van der Waals surface area contributed by atoms with Gasteiger partial charge in [0.15, 0.2) is 0 Å². The smallest absolute Gasteiger partial charge is 0.256 e. The standard InChI is InChI=1S/C27H22N4O2S.C16H11N3OS.C11H13NO2/c32-26-23(15-18-1-4-21(5-2-18)31-11-13-33-14-12-31)22-16-20(3-6-24(22)29-26)25-17-34-27(30-25)19-7-9-28-10-8-19;20-15-8-12-7-11(1-2-13(12)18-15)14-9-21-16(19-14)10-3-5-17-6-4-10;13-9-10-1-3-11(4-2-10)12-5-7-14-8-6-12/h1-10,15-17H,11-14H2,(H,29,32);1-7,9H,8H2,(H,18,20);1-4,9H,5-8H2/b23-15-;;. The second-order valence-corrected chi connectivity index (χ2v) is 18.1. The highest BCUT2D eigenvalue weighted by Crippen LogP contribution is 2.38. The molecule has 4 aromatic carbocycles. The Balaban J connectivity index is 0.000000134. The molecule has 0 aliphatic carbocycles. The zero-order valence-electron chi connectivity index (χ0n) is 37.4. The zero-order valence-corrected chi connectivity index (χ0v) is 39.0. The number of amides is 2. The lowest BCUT2D eigenvalue weighted by molar-refractivity contribution is -0.115. The number of rotatable bonds is 8. The number of hydrogen-bond acceptors (Lipinski definition) is 13. The Labute approximate surface area is 407 Å². The van der Waals surface area contributed by atoms with Crippen LogP contribution in [0.15, 0.2) is 145 Å². The van der Waals surface area contributed by atoms with E-state index in [-0.39, 0.29) is 11.8 Å². The third kappa shape index (κ3) is 10.7. The van der Waals surface area contributed by atoms with Crippen LogP contribution in [0.3, 0.4) is 0 Å². The van der Waals surface area contributed by atoms with Gasteiger partial charge in [-0.05, 0) is 102 Å². The van der Waals surface area contributed by atoms with Gasteiger partial charge in [-0.15, -0.1) is 22.7 Å². The van der Waals surface area contributed by atoms with E-state index in [1.807, 2.05) is 96.4 Å².